The van der Waals surface area contributed by atoms with Crippen molar-refractivity contribution in [3.8, 4) is 5.75 Å². The Morgan fingerprint density at radius 2 is 2.00 bits per heavy atom. The highest BCUT2D eigenvalue weighted by Crippen LogP contribution is 2.16. The van der Waals surface area contributed by atoms with Crippen LogP contribution < -0.4 is 10.1 Å². The predicted molar refractivity (Wildman–Crippen MR) is 87.7 cm³/mol. The fourth-order valence-corrected chi connectivity index (χ4v) is 2.37. The van der Waals surface area contributed by atoms with Crippen LogP contribution in [0.3, 0.4) is 0 Å². The molecule has 1 unspecified atom stereocenters. The Balaban J connectivity index is 1.61. The lowest BCUT2D eigenvalue weighted by molar-refractivity contribution is 0.0101. The Bertz CT molecular complexity index is 434. The Labute approximate surface area is 137 Å². The molecule has 1 aromatic rings. The van der Waals surface area contributed by atoms with Gasteiger partial charge in [0.15, 0.2) is 0 Å². The highest BCUT2D eigenvalue weighted by molar-refractivity contribution is 6.30. The number of hydrogen-bond donors (Lipinski definition) is 2. The first kappa shape index (κ1) is 17.5. The van der Waals surface area contributed by atoms with Gasteiger partial charge in [0.25, 0.3) is 0 Å². The van der Waals surface area contributed by atoms with Gasteiger partial charge in [-0.05, 0) is 31.2 Å². The third-order valence-corrected chi connectivity index (χ3v) is 3.83. The molecule has 0 amide bonds. The van der Waals surface area contributed by atoms with Crippen molar-refractivity contribution in [1.82, 2.24) is 10.2 Å². The van der Waals surface area contributed by atoms with Crippen molar-refractivity contribution in [2.75, 3.05) is 52.5 Å². The Kier molecular flexibility index (Phi) is 6.92. The summed E-state index contributed by atoms with van der Waals surface area (Å²) in [5.74, 6) is 0.706. The molecule has 22 heavy (non-hydrogen) atoms. The highest BCUT2D eigenvalue weighted by Gasteiger charge is 2.21. The zero-order valence-corrected chi connectivity index (χ0v) is 13.8. The standard InChI is InChI=1S/C16H25ClN2O3/c1-16(20,13-22-15-4-2-14(17)3-5-15)12-18-6-7-19-8-10-21-11-9-19/h2-5,18,20H,6-13H2,1H3. The van der Waals surface area contributed by atoms with Gasteiger partial charge in [-0.2, -0.15) is 0 Å². The SMILES string of the molecule is CC(O)(CNCCN1CCOCC1)COc1ccc(Cl)cc1. The van der Waals surface area contributed by atoms with Crippen LogP contribution in [-0.2, 0) is 4.74 Å². The third-order valence-electron chi connectivity index (χ3n) is 3.58. The van der Waals surface area contributed by atoms with Gasteiger partial charge in [-0.3, -0.25) is 4.90 Å². The third kappa shape index (κ3) is 6.50. The molecule has 0 aromatic heterocycles. The van der Waals surface area contributed by atoms with Crippen LogP contribution in [0.4, 0.5) is 0 Å². The van der Waals surface area contributed by atoms with Crippen molar-refractivity contribution in [2.24, 2.45) is 0 Å². The second-order valence-corrected chi connectivity index (χ2v) is 6.31. The number of hydrogen-bond acceptors (Lipinski definition) is 5. The summed E-state index contributed by atoms with van der Waals surface area (Å²) in [7, 11) is 0. The zero-order chi connectivity index (χ0) is 15.8. The molecule has 0 radical (unpaired) electrons. The van der Waals surface area contributed by atoms with Gasteiger partial charge in [-0.25, -0.2) is 0 Å². The van der Waals surface area contributed by atoms with Crippen LogP contribution in [0.5, 0.6) is 5.75 Å². The molecule has 1 aromatic carbocycles. The molecule has 6 heteroatoms. The molecule has 0 saturated carbocycles. The topological polar surface area (TPSA) is 54.0 Å². The molecule has 2 rings (SSSR count). The second-order valence-electron chi connectivity index (χ2n) is 5.87. The lowest BCUT2D eigenvalue weighted by Gasteiger charge is -2.28. The Hall–Kier alpha value is -0.850. The number of morpholine rings is 1. The summed E-state index contributed by atoms with van der Waals surface area (Å²) in [6.07, 6.45) is 0. The van der Waals surface area contributed by atoms with Crippen molar-refractivity contribution < 1.29 is 14.6 Å². The average Bonchev–Trinajstić information content (AvgIpc) is 2.52. The first-order valence-electron chi connectivity index (χ1n) is 7.67. The summed E-state index contributed by atoms with van der Waals surface area (Å²) < 4.78 is 10.9. The van der Waals surface area contributed by atoms with Crippen LogP contribution in [0.1, 0.15) is 6.92 Å². The van der Waals surface area contributed by atoms with E-state index in [1.165, 1.54) is 0 Å². The molecule has 0 spiro atoms. The largest absolute Gasteiger partial charge is 0.491 e. The molecule has 1 aliphatic rings. The zero-order valence-electron chi connectivity index (χ0n) is 13.1. The summed E-state index contributed by atoms with van der Waals surface area (Å²) in [6, 6.07) is 7.13. The molecule has 0 aliphatic carbocycles. The number of ether oxygens (including phenoxy) is 2. The van der Waals surface area contributed by atoms with Crippen LogP contribution in [-0.4, -0.2) is 68.2 Å². The van der Waals surface area contributed by atoms with Crippen molar-refractivity contribution in [3.05, 3.63) is 29.3 Å². The average molecular weight is 329 g/mol. The number of halogens is 1. The van der Waals surface area contributed by atoms with Crippen LogP contribution in [0.15, 0.2) is 24.3 Å². The van der Waals surface area contributed by atoms with Gasteiger partial charge in [-0.15, -0.1) is 0 Å². The van der Waals surface area contributed by atoms with E-state index in [-0.39, 0.29) is 6.61 Å². The summed E-state index contributed by atoms with van der Waals surface area (Å²) >= 11 is 5.82. The van der Waals surface area contributed by atoms with E-state index in [9.17, 15) is 5.11 Å². The van der Waals surface area contributed by atoms with E-state index >= 15 is 0 Å². The quantitative estimate of drug-likeness (QED) is 0.706. The molecule has 1 saturated heterocycles. The second kappa shape index (κ2) is 8.70. The number of aliphatic hydroxyl groups is 1. The van der Waals surface area contributed by atoms with E-state index in [2.05, 4.69) is 10.2 Å². The van der Waals surface area contributed by atoms with Gasteiger partial charge in [-0.1, -0.05) is 11.6 Å². The van der Waals surface area contributed by atoms with Gasteiger partial charge in [0.1, 0.15) is 18.0 Å². The minimum Gasteiger partial charge on any atom is -0.491 e. The van der Waals surface area contributed by atoms with E-state index in [1.807, 2.05) is 0 Å². The number of rotatable bonds is 8. The molecule has 1 aliphatic heterocycles. The summed E-state index contributed by atoms with van der Waals surface area (Å²) in [4.78, 5) is 2.36. The minimum absolute atomic E-state index is 0.235. The summed E-state index contributed by atoms with van der Waals surface area (Å²) in [6.45, 7) is 7.90. The maximum Gasteiger partial charge on any atom is 0.119 e. The molecule has 5 nitrogen and oxygen atoms in total. The lowest BCUT2D eigenvalue weighted by atomic mass is 10.1. The molecule has 1 fully saturated rings. The van der Waals surface area contributed by atoms with Gasteiger partial charge in [0, 0.05) is 37.7 Å². The number of nitrogens with zero attached hydrogens (tertiary/aromatic N) is 1. The maximum atomic E-state index is 10.3. The van der Waals surface area contributed by atoms with Crippen molar-refractivity contribution in [1.29, 1.82) is 0 Å². The minimum atomic E-state index is -0.912. The van der Waals surface area contributed by atoms with E-state index in [0.717, 1.165) is 39.4 Å². The molecule has 1 heterocycles. The molecule has 0 bridgehead atoms. The Morgan fingerprint density at radius 1 is 1.32 bits per heavy atom. The monoisotopic (exact) mass is 328 g/mol. The van der Waals surface area contributed by atoms with Crippen molar-refractivity contribution in [2.45, 2.75) is 12.5 Å². The lowest BCUT2D eigenvalue weighted by Crippen LogP contribution is -2.46. The maximum absolute atomic E-state index is 10.3. The molecule has 124 valence electrons. The molecule has 1 atom stereocenters. The fraction of sp³-hybridized carbons (Fsp3) is 0.625. The molecule has 2 N–H and O–H groups in total. The summed E-state index contributed by atoms with van der Waals surface area (Å²) in [5, 5.41) is 14.3. The highest BCUT2D eigenvalue weighted by atomic mass is 35.5. The van der Waals surface area contributed by atoms with Gasteiger partial charge in [0.05, 0.1) is 13.2 Å². The van der Waals surface area contributed by atoms with Crippen LogP contribution >= 0.6 is 11.6 Å². The van der Waals surface area contributed by atoms with Gasteiger partial charge < -0.3 is 19.9 Å². The van der Waals surface area contributed by atoms with Gasteiger partial charge >= 0.3 is 0 Å². The van der Waals surface area contributed by atoms with E-state index < -0.39 is 5.60 Å². The van der Waals surface area contributed by atoms with Crippen molar-refractivity contribution >= 4 is 11.6 Å². The fourth-order valence-electron chi connectivity index (χ4n) is 2.24. The van der Waals surface area contributed by atoms with Crippen LogP contribution in [0.2, 0.25) is 5.02 Å². The Morgan fingerprint density at radius 3 is 2.68 bits per heavy atom. The normalized spacial score (nSPS) is 18.9. The number of nitrogens with one attached hydrogen (secondary N) is 1. The summed E-state index contributed by atoms with van der Waals surface area (Å²) in [5.41, 5.74) is -0.912. The number of benzene rings is 1. The van der Waals surface area contributed by atoms with E-state index in [0.29, 0.717) is 17.3 Å². The van der Waals surface area contributed by atoms with Crippen LogP contribution in [0, 0.1) is 0 Å². The van der Waals surface area contributed by atoms with Crippen LogP contribution in [0.25, 0.3) is 0 Å². The smallest absolute Gasteiger partial charge is 0.119 e. The van der Waals surface area contributed by atoms with Gasteiger partial charge in [0.2, 0.25) is 0 Å². The first-order valence-corrected chi connectivity index (χ1v) is 8.04. The predicted octanol–water partition coefficient (Wildman–Crippen LogP) is 1.39. The first-order chi connectivity index (χ1) is 10.6. The molecular weight excluding hydrogens is 304 g/mol. The van der Waals surface area contributed by atoms with E-state index in [1.54, 1.807) is 31.2 Å². The van der Waals surface area contributed by atoms with E-state index in [4.69, 9.17) is 21.1 Å². The van der Waals surface area contributed by atoms with Crippen molar-refractivity contribution in [3.63, 3.8) is 0 Å². The molecular formula is C16H25ClN2O3.